The van der Waals surface area contributed by atoms with Gasteiger partial charge in [0, 0.05) is 6.42 Å². The molecule has 0 spiro atoms. The lowest BCUT2D eigenvalue weighted by Gasteiger charge is -2.63. The van der Waals surface area contributed by atoms with Gasteiger partial charge in [0.1, 0.15) is 22.7 Å². The van der Waals surface area contributed by atoms with Crippen LogP contribution in [0.15, 0.2) is 10.2 Å². The van der Waals surface area contributed by atoms with Crippen LogP contribution in [-0.2, 0) is 4.79 Å². The van der Waals surface area contributed by atoms with Crippen LogP contribution in [-0.4, -0.2) is 67.5 Å². The van der Waals surface area contributed by atoms with Crippen LogP contribution in [0.5, 0.6) is 0 Å². The molecular weight excluding hydrogens is 548 g/mol. The summed E-state index contributed by atoms with van der Waals surface area (Å²) in [7, 11) is 0. The number of fused-ring (bicyclic) bond motifs is 5. The number of carbonyl (C=O) groups is 1. The molecule has 11 atom stereocenters. The van der Waals surface area contributed by atoms with Gasteiger partial charge in [0.25, 0.3) is 0 Å². The molecule has 4 fully saturated rings. The fraction of sp³-hybridized carbons (Fsp3) is 0.906. The molecule has 0 aliphatic heterocycles. The number of carboxylic acid groups (broad SMARTS) is 1. The maximum absolute atomic E-state index is 11.5. The van der Waals surface area contributed by atoms with E-state index in [0.717, 1.165) is 44.9 Å². The van der Waals surface area contributed by atoms with E-state index < -0.39 is 23.2 Å². The van der Waals surface area contributed by atoms with Gasteiger partial charge in [-0.15, -0.1) is 0 Å². The van der Waals surface area contributed by atoms with Crippen molar-refractivity contribution < 1.29 is 25.2 Å². The highest BCUT2D eigenvalue weighted by Gasteiger charge is 2.65. The van der Waals surface area contributed by atoms with Crippen molar-refractivity contribution in [2.75, 3.05) is 0 Å². The minimum absolute atomic E-state index is 0.0689. The van der Waals surface area contributed by atoms with Crippen molar-refractivity contribution in [2.45, 2.75) is 136 Å². The first-order valence-electron chi connectivity index (χ1n) is 16.1. The molecule has 10 N–H and O–H groups in total. The third-order valence-electron chi connectivity index (χ3n) is 12.2. The van der Waals surface area contributed by atoms with Gasteiger partial charge in [0.05, 0.1) is 18.3 Å². The maximum Gasteiger partial charge on any atom is 0.303 e. The standard InChI is InChI=1S/C24H40O5.C8H18N6/c1-13(4-7-21(28)29)16-5-6-17-22-18(12-20(27)24(16,17)3)23(2)9-8-15(25)10-14(23)11-19(22)26;1-7(2,5(9)10)13-14-8(3,4)6(11)12/h13-20,22,25-27H,4-12H2,1-3H3,(H,28,29);1-4H3,(H3,9,10)(H3,11,12)/t13-,14+,15-,16-,17?,18?,19-,20+,22?,23+,24-;/m1./s1. The van der Waals surface area contributed by atoms with Crippen molar-refractivity contribution in [1.29, 1.82) is 10.8 Å². The highest BCUT2D eigenvalue weighted by atomic mass is 16.4. The lowest BCUT2D eigenvalue weighted by Crippen LogP contribution is -2.62. The Balaban J connectivity index is 0.000000308. The van der Waals surface area contributed by atoms with Gasteiger partial charge in [0.2, 0.25) is 0 Å². The largest absolute Gasteiger partial charge is 0.481 e. The summed E-state index contributed by atoms with van der Waals surface area (Å²) >= 11 is 0. The van der Waals surface area contributed by atoms with Crippen LogP contribution >= 0.6 is 0 Å². The molecule has 3 unspecified atom stereocenters. The Morgan fingerprint density at radius 1 is 0.930 bits per heavy atom. The Morgan fingerprint density at radius 2 is 1.49 bits per heavy atom. The summed E-state index contributed by atoms with van der Waals surface area (Å²) in [5.41, 5.74) is 8.82. The molecule has 0 saturated heterocycles. The normalized spacial score (nSPS) is 40.0. The summed E-state index contributed by atoms with van der Waals surface area (Å²) in [5.74, 6) is 0.860. The number of aliphatic hydroxyl groups is 3. The number of aliphatic carboxylic acids is 1. The minimum atomic E-state index is -0.841. The third-order valence-corrected chi connectivity index (χ3v) is 12.2. The van der Waals surface area contributed by atoms with E-state index >= 15 is 0 Å². The van der Waals surface area contributed by atoms with Gasteiger partial charge in [-0.3, -0.25) is 15.6 Å². The van der Waals surface area contributed by atoms with Gasteiger partial charge in [0.15, 0.2) is 0 Å². The summed E-state index contributed by atoms with van der Waals surface area (Å²) in [5, 5.41) is 64.3. The molecule has 0 amide bonds. The predicted molar refractivity (Wildman–Crippen MR) is 167 cm³/mol. The fourth-order valence-electron chi connectivity index (χ4n) is 9.04. The molecule has 0 aromatic rings. The zero-order valence-corrected chi connectivity index (χ0v) is 27.3. The molecule has 4 rings (SSSR count). The number of nitrogens with zero attached hydrogens (tertiary/aromatic N) is 2. The van der Waals surface area contributed by atoms with Crippen LogP contribution < -0.4 is 11.5 Å². The second-order valence-corrected chi connectivity index (χ2v) is 15.6. The number of amidine groups is 2. The first kappa shape index (κ1) is 35.4. The van der Waals surface area contributed by atoms with E-state index in [9.17, 15) is 20.1 Å². The minimum Gasteiger partial charge on any atom is -0.481 e. The van der Waals surface area contributed by atoms with E-state index in [1.54, 1.807) is 27.7 Å². The van der Waals surface area contributed by atoms with E-state index in [-0.39, 0.29) is 53.0 Å². The van der Waals surface area contributed by atoms with Gasteiger partial charge in [-0.1, -0.05) is 20.8 Å². The summed E-state index contributed by atoms with van der Waals surface area (Å²) in [6, 6.07) is 0. The zero-order valence-electron chi connectivity index (χ0n) is 27.3. The summed E-state index contributed by atoms with van der Waals surface area (Å²) in [6.45, 7) is 13.4. The Labute approximate surface area is 257 Å². The Hall–Kier alpha value is -2.11. The summed E-state index contributed by atoms with van der Waals surface area (Å²) in [6.07, 6.45) is 6.00. The van der Waals surface area contributed by atoms with Crippen LogP contribution in [0.1, 0.15) is 106 Å². The Morgan fingerprint density at radius 3 is 2.00 bits per heavy atom. The summed E-state index contributed by atoms with van der Waals surface area (Å²) in [4.78, 5) is 11.1. The number of nitrogens with two attached hydrogens (primary N) is 2. The average molecular weight is 607 g/mol. The molecule has 0 aromatic heterocycles. The van der Waals surface area contributed by atoms with Gasteiger partial charge in [-0.2, -0.15) is 10.2 Å². The number of nitrogens with one attached hydrogen (secondary N) is 2. The number of rotatable bonds is 8. The molecule has 0 aromatic carbocycles. The van der Waals surface area contributed by atoms with E-state index in [1.807, 2.05) is 0 Å². The molecular formula is C32H58N6O5. The molecule has 0 heterocycles. The quantitative estimate of drug-likeness (QED) is 0.113. The van der Waals surface area contributed by atoms with Gasteiger partial charge < -0.3 is 31.9 Å². The van der Waals surface area contributed by atoms with Crippen LogP contribution in [0.4, 0.5) is 0 Å². The lowest BCUT2D eigenvalue weighted by atomic mass is 9.43. The monoisotopic (exact) mass is 606 g/mol. The van der Waals surface area contributed by atoms with Crippen molar-refractivity contribution in [3.63, 3.8) is 0 Å². The van der Waals surface area contributed by atoms with Crippen LogP contribution in [0.25, 0.3) is 0 Å². The van der Waals surface area contributed by atoms with Crippen molar-refractivity contribution in [2.24, 2.45) is 68.0 Å². The topological polar surface area (TPSA) is 222 Å². The maximum atomic E-state index is 11.5. The first-order chi connectivity index (χ1) is 19.7. The molecule has 4 saturated carbocycles. The molecule has 0 bridgehead atoms. The molecule has 11 heteroatoms. The smallest absolute Gasteiger partial charge is 0.303 e. The predicted octanol–water partition coefficient (Wildman–Crippen LogP) is 4.32. The number of aliphatic hydroxyl groups excluding tert-OH is 3. The average Bonchev–Trinajstić information content (AvgIpc) is 3.26. The van der Waals surface area contributed by atoms with Crippen molar-refractivity contribution in [3.05, 3.63) is 0 Å². The lowest BCUT2D eigenvalue weighted by molar-refractivity contribution is -0.207. The van der Waals surface area contributed by atoms with E-state index in [2.05, 4.69) is 31.0 Å². The van der Waals surface area contributed by atoms with Gasteiger partial charge in [-0.05, 0) is 125 Å². The molecule has 11 nitrogen and oxygen atoms in total. The third kappa shape index (κ3) is 6.93. The fourth-order valence-corrected chi connectivity index (χ4v) is 9.04. The highest BCUT2D eigenvalue weighted by Crippen LogP contribution is 2.68. The van der Waals surface area contributed by atoms with Crippen LogP contribution in [0.2, 0.25) is 0 Å². The van der Waals surface area contributed by atoms with Crippen LogP contribution in [0.3, 0.4) is 0 Å². The molecule has 4 aliphatic rings. The van der Waals surface area contributed by atoms with Gasteiger partial charge >= 0.3 is 5.97 Å². The highest BCUT2D eigenvalue weighted by molar-refractivity contribution is 5.87. The van der Waals surface area contributed by atoms with E-state index in [4.69, 9.17) is 27.4 Å². The first-order valence-corrected chi connectivity index (χ1v) is 16.1. The van der Waals surface area contributed by atoms with Crippen molar-refractivity contribution in [1.82, 2.24) is 0 Å². The molecule has 4 aliphatic carbocycles. The SMILES string of the molecule is CC(C)(N=NC(C)(C)C(=N)N)C(=N)N.C[C@H](CCC(=O)O)[C@H]1CCC2C3C(C[C@H](O)[C@@]21C)[C@@]1(C)CC[C@@H](O)C[C@H]1C[C@H]3O. The Bertz CT molecular complexity index is 1050. The molecule has 246 valence electrons. The van der Waals surface area contributed by atoms with Crippen molar-refractivity contribution >= 4 is 17.6 Å². The van der Waals surface area contributed by atoms with Crippen LogP contribution in [0, 0.1) is 57.2 Å². The molecule has 43 heavy (non-hydrogen) atoms. The summed E-state index contributed by atoms with van der Waals surface area (Å²) < 4.78 is 0. The molecule has 0 radical (unpaired) electrons. The second-order valence-electron chi connectivity index (χ2n) is 15.6. The number of hydrogen-bond acceptors (Lipinski definition) is 8. The second kappa shape index (κ2) is 12.7. The number of hydrogen-bond donors (Lipinski definition) is 8. The van der Waals surface area contributed by atoms with E-state index in [1.165, 1.54) is 0 Å². The van der Waals surface area contributed by atoms with Crippen molar-refractivity contribution in [3.8, 4) is 0 Å². The zero-order chi connectivity index (χ0) is 32.7. The van der Waals surface area contributed by atoms with E-state index in [0.29, 0.717) is 30.1 Å². The number of carboxylic acids is 1. The Kier molecular flexibility index (Phi) is 10.5. The van der Waals surface area contributed by atoms with Gasteiger partial charge in [-0.25, -0.2) is 0 Å². The number of azo groups is 1.